The number of rotatable bonds is 6. The molecule has 128 valence electrons. The topological polar surface area (TPSA) is 64.1 Å². The van der Waals surface area contributed by atoms with Gasteiger partial charge in [0, 0.05) is 17.1 Å². The van der Waals surface area contributed by atoms with Crippen LogP contribution in [0.3, 0.4) is 0 Å². The third-order valence-electron chi connectivity index (χ3n) is 3.71. The van der Waals surface area contributed by atoms with E-state index in [1.165, 1.54) is 0 Å². The lowest BCUT2D eigenvalue weighted by atomic mass is 10.2. The number of carbonyl (C=O) groups is 1. The van der Waals surface area contributed by atoms with Gasteiger partial charge in [0.05, 0.1) is 0 Å². The summed E-state index contributed by atoms with van der Waals surface area (Å²) in [7, 11) is 0. The molecule has 25 heavy (non-hydrogen) atoms. The Morgan fingerprint density at radius 1 is 1.16 bits per heavy atom. The fraction of sp³-hybridized carbons (Fsp3) is 0.211. The van der Waals surface area contributed by atoms with E-state index in [4.69, 9.17) is 4.74 Å². The summed E-state index contributed by atoms with van der Waals surface area (Å²) in [6, 6.07) is 17.3. The first-order valence-corrected chi connectivity index (χ1v) is 8.87. The van der Waals surface area contributed by atoms with E-state index < -0.39 is 6.10 Å². The molecule has 3 rings (SSSR count). The van der Waals surface area contributed by atoms with Crippen LogP contribution in [0.5, 0.6) is 5.75 Å². The van der Waals surface area contributed by atoms with Crippen LogP contribution in [-0.2, 0) is 4.79 Å². The number of aromatic nitrogens is 2. The van der Waals surface area contributed by atoms with Crippen molar-refractivity contribution < 1.29 is 9.53 Å². The summed E-state index contributed by atoms with van der Waals surface area (Å²) in [5.41, 5.74) is 1.92. The van der Waals surface area contributed by atoms with Crippen molar-refractivity contribution in [2.45, 2.75) is 26.4 Å². The van der Waals surface area contributed by atoms with Crippen molar-refractivity contribution in [3.05, 3.63) is 60.2 Å². The molecular weight excluding hydrogens is 334 g/mol. The lowest BCUT2D eigenvalue weighted by molar-refractivity contribution is -0.122. The number of anilines is 1. The molecule has 3 aromatic rings. The molecule has 0 bridgehead atoms. The van der Waals surface area contributed by atoms with E-state index in [9.17, 15) is 4.79 Å². The van der Waals surface area contributed by atoms with Gasteiger partial charge in [-0.15, -0.1) is 0 Å². The molecule has 0 saturated carbocycles. The van der Waals surface area contributed by atoms with E-state index in [0.717, 1.165) is 22.7 Å². The first-order valence-electron chi connectivity index (χ1n) is 8.09. The second kappa shape index (κ2) is 7.90. The minimum Gasteiger partial charge on any atom is -0.480 e. The molecule has 0 radical (unpaired) electrons. The van der Waals surface area contributed by atoms with Gasteiger partial charge in [-0.2, -0.15) is 9.36 Å². The summed E-state index contributed by atoms with van der Waals surface area (Å²) < 4.78 is 10.2. The first-order chi connectivity index (χ1) is 12.2. The number of hydrogen-bond acceptors (Lipinski definition) is 5. The number of nitrogens with one attached hydrogen (secondary N) is 1. The fourth-order valence-corrected chi connectivity index (χ4v) is 2.92. The smallest absolute Gasteiger partial charge is 0.267 e. The van der Waals surface area contributed by atoms with Crippen molar-refractivity contribution in [3.8, 4) is 17.1 Å². The molecule has 0 saturated heterocycles. The number of carbonyl (C=O) groups excluding carboxylic acids is 1. The van der Waals surface area contributed by atoms with Crippen LogP contribution in [0, 0.1) is 6.92 Å². The molecule has 1 N–H and O–H groups in total. The molecule has 1 aromatic heterocycles. The van der Waals surface area contributed by atoms with E-state index >= 15 is 0 Å². The highest BCUT2D eigenvalue weighted by Gasteiger charge is 2.20. The Kier molecular flexibility index (Phi) is 5.40. The van der Waals surface area contributed by atoms with Crippen LogP contribution < -0.4 is 10.1 Å². The van der Waals surface area contributed by atoms with Gasteiger partial charge in [-0.05, 0) is 25.0 Å². The summed E-state index contributed by atoms with van der Waals surface area (Å²) in [6.45, 7) is 3.87. The Bertz CT molecular complexity index is 849. The summed E-state index contributed by atoms with van der Waals surface area (Å²) in [5.74, 6) is 1.10. The van der Waals surface area contributed by atoms with E-state index in [1.807, 2.05) is 68.4 Å². The van der Waals surface area contributed by atoms with Gasteiger partial charge < -0.3 is 4.74 Å². The zero-order valence-corrected chi connectivity index (χ0v) is 14.9. The maximum absolute atomic E-state index is 12.5. The molecular formula is C19H19N3O2S. The number of hydrogen-bond donors (Lipinski definition) is 1. The maximum Gasteiger partial charge on any atom is 0.267 e. The highest BCUT2D eigenvalue weighted by atomic mass is 32.1. The van der Waals surface area contributed by atoms with Crippen molar-refractivity contribution >= 4 is 22.6 Å². The van der Waals surface area contributed by atoms with Gasteiger partial charge in [0.1, 0.15) is 5.75 Å². The zero-order valence-electron chi connectivity index (χ0n) is 14.1. The Balaban J connectivity index is 1.68. The van der Waals surface area contributed by atoms with Gasteiger partial charge >= 0.3 is 0 Å². The second-order valence-corrected chi connectivity index (χ2v) is 6.31. The Hall–Kier alpha value is -2.73. The molecule has 1 amide bonds. The van der Waals surface area contributed by atoms with Gasteiger partial charge in [-0.25, -0.2) is 0 Å². The van der Waals surface area contributed by atoms with Crippen molar-refractivity contribution in [1.82, 2.24) is 9.36 Å². The monoisotopic (exact) mass is 353 g/mol. The molecule has 0 aliphatic carbocycles. The van der Waals surface area contributed by atoms with Gasteiger partial charge in [0.25, 0.3) is 5.91 Å². The van der Waals surface area contributed by atoms with Gasteiger partial charge in [-0.1, -0.05) is 55.5 Å². The second-order valence-electron chi connectivity index (χ2n) is 5.56. The van der Waals surface area contributed by atoms with Crippen LogP contribution in [-0.4, -0.2) is 21.4 Å². The normalized spacial score (nSPS) is 11.8. The molecule has 1 heterocycles. The molecule has 0 aliphatic heterocycles. The van der Waals surface area contributed by atoms with Crippen LogP contribution in [0.1, 0.15) is 18.9 Å². The highest BCUT2D eigenvalue weighted by Crippen LogP contribution is 2.22. The minimum absolute atomic E-state index is 0.221. The molecule has 2 aromatic carbocycles. The average molecular weight is 353 g/mol. The quantitative estimate of drug-likeness (QED) is 0.717. The Morgan fingerprint density at radius 3 is 2.60 bits per heavy atom. The van der Waals surface area contributed by atoms with Crippen LogP contribution in [0.4, 0.5) is 5.13 Å². The predicted octanol–water partition coefficient (Wildman–Crippen LogP) is 4.31. The molecule has 6 heteroatoms. The third kappa shape index (κ3) is 4.22. The lowest BCUT2D eigenvalue weighted by Crippen LogP contribution is -2.32. The number of amides is 1. The molecule has 0 aliphatic rings. The molecule has 1 unspecified atom stereocenters. The third-order valence-corrected chi connectivity index (χ3v) is 4.34. The Labute approximate surface area is 150 Å². The molecule has 1 atom stereocenters. The summed E-state index contributed by atoms with van der Waals surface area (Å²) >= 11 is 1.16. The predicted molar refractivity (Wildman–Crippen MR) is 99.9 cm³/mol. The zero-order chi connectivity index (χ0) is 17.6. The van der Waals surface area contributed by atoms with Crippen molar-refractivity contribution in [3.63, 3.8) is 0 Å². The minimum atomic E-state index is -0.579. The van der Waals surface area contributed by atoms with E-state index in [2.05, 4.69) is 14.7 Å². The number of aryl methyl sites for hydroxylation is 1. The van der Waals surface area contributed by atoms with Crippen LogP contribution in [0.15, 0.2) is 54.6 Å². The van der Waals surface area contributed by atoms with Crippen molar-refractivity contribution in [2.75, 3.05) is 5.32 Å². The number of benzene rings is 2. The summed E-state index contributed by atoms with van der Waals surface area (Å²) in [4.78, 5) is 16.9. The van der Waals surface area contributed by atoms with E-state index in [1.54, 1.807) is 0 Å². The first kappa shape index (κ1) is 17.1. The SMILES string of the molecule is CCC(Oc1ccccc1C)C(=O)Nc1nc(-c2ccccc2)ns1. The standard InChI is InChI=1S/C19H19N3O2S/c1-3-15(24-16-12-8-7-9-13(16)2)18(23)21-19-20-17(22-25-19)14-10-5-4-6-11-14/h4-12,15H,3H2,1-2H3,(H,20,21,22,23). The molecule has 0 spiro atoms. The fourth-order valence-electron chi connectivity index (χ4n) is 2.33. The molecule has 5 nitrogen and oxygen atoms in total. The lowest BCUT2D eigenvalue weighted by Gasteiger charge is -2.17. The van der Waals surface area contributed by atoms with Crippen molar-refractivity contribution in [2.24, 2.45) is 0 Å². The number of para-hydroxylation sites is 1. The van der Waals surface area contributed by atoms with Gasteiger partial charge in [0.2, 0.25) is 5.13 Å². The van der Waals surface area contributed by atoms with E-state index in [0.29, 0.717) is 23.1 Å². The summed E-state index contributed by atoms with van der Waals surface area (Å²) in [5, 5.41) is 3.27. The highest BCUT2D eigenvalue weighted by molar-refractivity contribution is 7.10. The largest absolute Gasteiger partial charge is 0.480 e. The Morgan fingerprint density at radius 2 is 1.88 bits per heavy atom. The van der Waals surface area contributed by atoms with Gasteiger partial charge in [0.15, 0.2) is 11.9 Å². The average Bonchev–Trinajstić information content (AvgIpc) is 3.10. The number of ether oxygens (including phenoxy) is 1. The molecule has 0 fully saturated rings. The van der Waals surface area contributed by atoms with E-state index in [-0.39, 0.29) is 5.91 Å². The number of nitrogens with zero attached hydrogens (tertiary/aromatic N) is 2. The maximum atomic E-state index is 12.5. The summed E-state index contributed by atoms with van der Waals surface area (Å²) in [6.07, 6.45) is -0.0185. The van der Waals surface area contributed by atoms with Crippen LogP contribution in [0.2, 0.25) is 0 Å². The van der Waals surface area contributed by atoms with Crippen LogP contribution >= 0.6 is 11.5 Å². The van der Waals surface area contributed by atoms with Crippen LogP contribution in [0.25, 0.3) is 11.4 Å². The van der Waals surface area contributed by atoms with Crippen molar-refractivity contribution in [1.29, 1.82) is 0 Å². The van der Waals surface area contributed by atoms with Gasteiger partial charge in [-0.3, -0.25) is 10.1 Å².